The van der Waals surface area contributed by atoms with E-state index in [1.165, 1.54) is 0 Å². The smallest absolute Gasteiger partial charge is 0.0618 e. The molecule has 0 aromatic rings. The maximum atomic E-state index is 8.93. The lowest BCUT2D eigenvalue weighted by Crippen LogP contribution is -2.31. The van der Waals surface area contributed by atoms with Gasteiger partial charge in [0, 0.05) is 0 Å². The van der Waals surface area contributed by atoms with Crippen LogP contribution in [0.2, 0.25) is 0 Å². The van der Waals surface area contributed by atoms with Crippen molar-refractivity contribution in [2.75, 3.05) is 0 Å². The van der Waals surface area contributed by atoms with Crippen molar-refractivity contribution in [3.05, 3.63) is 0 Å². The van der Waals surface area contributed by atoms with Crippen LogP contribution < -0.4 is 11.5 Å². The summed E-state index contributed by atoms with van der Waals surface area (Å²) < 4.78 is 0. The van der Waals surface area contributed by atoms with Crippen LogP contribution in [0.15, 0.2) is 0 Å². The summed E-state index contributed by atoms with van der Waals surface area (Å²) in [7, 11) is 0. The Balaban J connectivity index is 2.28. The van der Waals surface area contributed by atoms with Gasteiger partial charge < -0.3 is 0 Å². The summed E-state index contributed by atoms with van der Waals surface area (Å²) in [6, 6.07) is -0.882. The maximum absolute atomic E-state index is 8.93. The van der Waals surface area contributed by atoms with E-state index >= 15 is 0 Å². The molecule has 2 heteroatoms. The quantitative estimate of drug-likeness (QED) is 0.434. The third kappa shape index (κ3) is 1.20. The Morgan fingerprint density at radius 2 is 1.25 bits per heavy atom. The van der Waals surface area contributed by atoms with Crippen molar-refractivity contribution in [3.8, 4) is 0 Å². The second kappa shape index (κ2) is 2.46. The van der Waals surface area contributed by atoms with E-state index in [1.807, 2.05) is 0 Å². The molecule has 0 unspecified atom stereocenters. The minimum atomic E-state index is -0.441. The molecule has 0 N–H and O–H groups in total. The lowest BCUT2D eigenvalue weighted by molar-refractivity contribution is 0.369. The van der Waals surface area contributed by atoms with Crippen LogP contribution in [0.25, 0.3) is 0 Å². The van der Waals surface area contributed by atoms with Crippen LogP contribution in [0.4, 0.5) is 0 Å². The number of nitrogens with zero attached hydrogens (tertiary/aromatic N) is 2. The summed E-state index contributed by atoms with van der Waals surface area (Å²) in [6.45, 7) is 0. The van der Waals surface area contributed by atoms with Crippen molar-refractivity contribution in [3.63, 3.8) is 0 Å². The number of hydrogen-bond acceptors (Lipinski definition) is 0. The second-order valence-corrected chi connectivity index (χ2v) is 2.42. The van der Waals surface area contributed by atoms with E-state index in [0.29, 0.717) is 0 Å². The van der Waals surface area contributed by atoms with Gasteiger partial charge in [-0.05, 0) is 12.8 Å². The van der Waals surface area contributed by atoms with E-state index in [2.05, 4.69) is 0 Å². The molecular formula is C6H10N2. The summed E-state index contributed by atoms with van der Waals surface area (Å²) >= 11 is 0. The first-order valence-corrected chi connectivity index (χ1v) is 3.17. The van der Waals surface area contributed by atoms with Crippen LogP contribution in [-0.4, -0.2) is 12.1 Å². The van der Waals surface area contributed by atoms with Crippen molar-refractivity contribution in [2.45, 2.75) is 37.8 Å². The highest BCUT2D eigenvalue weighted by atomic mass is 14.8. The van der Waals surface area contributed by atoms with Gasteiger partial charge in [-0.1, -0.05) is 12.8 Å². The number of hydrogen-bond donors (Lipinski definition) is 0. The average Bonchev–Trinajstić information content (AvgIpc) is 1.77. The lowest BCUT2D eigenvalue weighted by atomic mass is 9.92. The Bertz CT molecular complexity index is 62.9. The Kier molecular flexibility index (Phi) is 1.86. The minimum absolute atomic E-state index is 0.441. The predicted octanol–water partition coefficient (Wildman–Crippen LogP) is 0.435. The normalized spacial score (nSPS) is 39.8. The molecule has 0 bridgehead atoms. The van der Waals surface area contributed by atoms with Crippen molar-refractivity contribution in [1.82, 2.24) is 11.5 Å². The molecule has 1 aliphatic carbocycles. The van der Waals surface area contributed by atoms with Crippen molar-refractivity contribution in [2.24, 2.45) is 0 Å². The average molecular weight is 110 g/mol. The van der Waals surface area contributed by atoms with Gasteiger partial charge in [0.05, 0.1) is 12.1 Å². The molecule has 0 aliphatic heterocycles. The van der Waals surface area contributed by atoms with Crippen molar-refractivity contribution in [1.29, 1.82) is 0 Å². The molecule has 4 radical (unpaired) electrons. The van der Waals surface area contributed by atoms with Gasteiger partial charge in [-0.15, -0.1) is 11.5 Å². The summed E-state index contributed by atoms with van der Waals surface area (Å²) in [6.07, 6.45) is 3.69. The fourth-order valence-corrected chi connectivity index (χ4v) is 1.09. The molecule has 0 spiro atoms. The molecule has 2 nitrogen and oxygen atoms in total. The largest absolute Gasteiger partial charge is 0.139 e. The summed E-state index contributed by atoms with van der Waals surface area (Å²) in [4.78, 5) is 0. The summed E-state index contributed by atoms with van der Waals surface area (Å²) in [5.41, 5.74) is 17.9. The van der Waals surface area contributed by atoms with Crippen LogP contribution in [0.1, 0.15) is 25.7 Å². The van der Waals surface area contributed by atoms with Gasteiger partial charge in [0.15, 0.2) is 0 Å². The van der Waals surface area contributed by atoms with Gasteiger partial charge >= 0.3 is 0 Å². The Hall–Kier alpha value is -0.0800. The maximum Gasteiger partial charge on any atom is 0.0618 e. The van der Waals surface area contributed by atoms with E-state index in [4.69, 9.17) is 11.5 Å². The molecule has 1 rings (SSSR count). The monoisotopic (exact) mass is 110 g/mol. The van der Waals surface area contributed by atoms with E-state index in [0.717, 1.165) is 25.7 Å². The van der Waals surface area contributed by atoms with Crippen molar-refractivity contribution >= 4 is 0 Å². The van der Waals surface area contributed by atoms with Gasteiger partial charge in [0.1, 0.15) is 0 Å². The third-order valence-corrected chi connectivity index (χ3v) is 1.69. The van der Waals surface area contributed by atoms with Gasteiger partial charge in [-0.3, -0.25) is 0 Å². The highest BCUT2D eigenvalue weighted by Crippen LogP contribution is 2.16. The van der Waals surface area contributed by atoms with E-state index in [-0.39, 0.29) is 0 Å². The van der Waals surface area contributed by atoms with Crippen LogP contribution in [-0.2, 0) is 0 Å². The van der Waals surface area contributed by atoms with Gasteiger partial charge in [-0.2, -0.15) is 0 Å². The molecule has 0 heterocycles. The molecule has 1 fully saturated rings. The Morgan fingerprint density at radius 3 is 1.50 bits per heavy atom. The van der Waals surface area contributed by atoms with E-state index < -0.39 is 12.1 Å². The predicted molar refractivity (Wildman–Crippen MR) is 30.3 cm³/mol. The highest BCUT2D eigenvalue weighted by Gasteiger charge is 2.20. The molecule has 0 amide bonds. The standard InChI is InChI=1S/C6H10N2/c7-5-3-1-2-4-6(5)8/h5-6H,1-4H2/t5-,6-/m1/s1. The third-order valence-electron chi connectivity index (χ3n) is 1.69. The summed E-state index contributed by atoms with van der Waals surface area (Å²) in [5.74, 6) is 0. The first-order valence-electron chi connectivity index (χ1n) is 3.17. The van der Waals surface area contributed by atoms with E-state index in [9.17, 15) is 0 Å². The SMILES string of the molecule is [N][C@@H]1CCCC[C@H]1[N]. The molecule has 0 aromatic carbocycles. The zero-order chi connectivity index (χ0) is 5.98. The first kappa shape index (κ1) is 6.05. The minimum Gasteiger partial charge on any atom is -0.139 e. The molecule has 44 valence electrons. The fourth-order valence-electron chi connectivity index (χ4n) is 1.09. The van der Waals surface area contributed by atoms with Crippen LogP contribution >= 0.6 is 0 Å². The second-order valence-electron chi connectivity index (χ2n) is 2.42. The zero-order valence-corrected chi connectivity index (χ0v) is 4.88. The molecule has 0 saturated heterocycles. The molecule has 1 aliphatic rings. The van der Waals surface area contributed by atoms with Gasteiger partial charge in [0.2, 0.25) is 0 Å². The topological polar surface area (TPSA) is 44.6 Å². The first-order chi connectivity index (χ1) is 3.80. The van der Waals surface area contributed by atoms with Gasteiger partial charge in [0.25, 0.3) is 0 Å². The molecule has 8 heavy (non-hydrogen) atoms. The molecule has 0 aromatic heterocycles. The summed E-state index contributed by atoms with van der Waals surface area (Å²) in [5, 5.41) is 0. The zero-order valence-electron chi connectivity index (χ0n) is 4.88. The van der Waals surface area contributed by atoms with E-state index in [1.54, 1.807) is 0 Å². The van der Waals surface area contributed by atoms with Gasteiger partial charge in [-0.25, -0.2) is 0 Å². The molecule has 2 atom stereocenters. The van der Waals surface area contributed by atoms with Crippen LogP contribution in [0.3, 0.4) is 0 Å². The molecular weight excluding hydrogens is 100 g/mol. The Morgan fingerprint density at radius 1 is 0.875 bits per heavy atom. The van der Waals surface area contributed by atoms with Crippen molar-refractivity contribution < 1.29 is 0 Å². The fraction of sp³-hybridized carbons (Fsp3) is 1.00. The van der Waals surface area contributed by atoms with Crippen LogP contribution in [0, 0.1) is 0 Å². The lowest BCUT2D eigenvalue weighted by Gasteiger charge is -2.20. The number of rotatable bonds is 0. The Labute approximate surface area is 50.2 Å². The molecule has 1 saturated carbocycles. The van der Waals surface area contributed by atoms with Crippen LogP contribution in [0.5, 0.6) is 0 Å². The highest BCUT2D eigenvalue weighted by molar-refractivity contribution is 4.78.